The number of carbonyl (C=O) groups excluding carboxylic acids is 2. The molecule has 5 nitrogen and oxygen atoms in total. The first-order chi connectivity index (χ1) is 15.3. The highest BCUT2D eigenvalue weighted by atomic mass is 32.2. The van der Waals surface area contributed by atoms with Crippen LogP contribution in [0.4, 0.5) is 18.9 Å². The van der Waals surface area contributed by atoms with Crippen LogP contribution in [0, 0.1) is 0 Å². The monoisotopic (exact) mass is 453 g/mol. The minimum Gasteiger partial charge on any atom is -0.398 e. The number of rotatable bonds is 2. The molecule has 0 spiro atoms. The van der Waals surface area contributed by atoms with E-state index in [1.807, 2.05) is 0 Å². The SMILES string of the molecule is NC1=C2C(=O)N(c3ccccc3)C(=O)[C@H]2Sc2nc(-c3ccccc3)cc(C(F)(F)F)c21. The molecule has 0 bridgehead atoms. The summed E-state index contributed by atoms with van der Waals surface area (Å²) in [6, 6.07) is 17.6. The summed E-state index contributed by atoms with van der Waals surface area (Å²) in [7, 11) is 0. The highest BCUT2D eigenvalue weighted by Crippen LogP contribution is 2.49. The highest BCUT2D eigenvalue weighted by Gasteiger charge is 2.51. The standard InChI is InChI=1S/C23H14F3N3O2S/c24-23(25,26)14-11-15(12-7-3-1-4-8-12)28-20-16(14)18(27)17-19(32-20)22(31)29(21(17)30)13-9-5-2-6-10-13/h1-11,19H,27H2/t19-/m0/s1. The van der Waals surface area contributed by atoms with Crippen molar-refractivity contribution in [3.8, 4) is 11.3 Å². The van der Waals surface area contributed by atoms with E-state index in [4.69, 9.17) is 5.73 Å². The van der Waals surface area contributed by atoms with Crippen LogP contribution in [0.15, 0.2) is 77.3 Å². The number of thioether (sulfide) groups is 1. The number of hydrogen-bond acceptors (Lipinski definition) is 5. The summed E-state index contributed by atoms with van der Waals surface area (Å²) >= 11 is 0.820. The lowest BCUT2D eigenvalue weighted by molar-refractivity contribution is -0.138. The third-order valence-electron chi connectivity index (χ3n) is 5.30. The fourth-order valence-electron chi connectivity index (χ4n) is 3.85. The van der Waals surface area contributed by atoms with Crippen molar-refractivity contribution in [3.05, 3.63) is 83.4 Å². The Labute approximate surface area is 184 Å². The molecule has 160 valence electrons. The molecule has 1 saturated heterocycles. The Hall–Kier alpha value is -3.59. The van der Waals surface area contributed by atoms with Crippen LogP contribution >= 0.6 is 11.8 Å². The van der Waals surface area contributed by atoms with E-state index >= 15 is 0 Å². The Balaban J connectivity index is 1.70. The molecule has 1 atom stereocenters. The summed E-state index contributed by atoms with van der Waals surface area (Å²) in [6.07, 6.45) is -4.74. The summed E-state index contributed by atoms with van der Waals surface area (Å²) in [5, 5.41) is -1.09. The second-order valence-electron chi connectivity index (χ2n) is 7.24. The van der Waals surface area contributed by atoms with Crippen LogP contribution in [0.3, 0.4) is 0 Å². The predicted octanol–water partition coefficient (Wildman–Crippen LogP) is 4.48. The van der Waals surface area contributed by atoms with E-state index in [9.17, 15) is 22.8 Å². The number of hydrogen-bond donors (Lipinski definition) is 1. The van der Waals surface area contributed by atoms with Gasteiger partial charge < -0.3 is 5.73 Å². The van der Waals surface area contributed by atoms with Gasteiger partial charge >= 0.3 is 6.18 Å². The zero-order chi connectivity index (χ0) is 22.6. The number of alkyl halides is 3. The maximum absolute atomic E-state index is 14.0. The minimum atomic E-state index is -4.74. The first-order valence-electron chi connectivity index (χ1n) is 9.55. The quantitative estimate of drug-likeness (QED) is 0.579. The second kappa shape index (κ2) is 7.23. The lowest BCUT2D eigenvalue weighted by atomic mass is 9.99. The zero-order valence-corrected chi connectivity index (χ0v) is 17.1. The number of halogens is 3. The number of pyridine rings is 1. The van der Waals surface area contributed by atoms with Gasteiger partial charge in [0, 0.05) is 11.1 Å². The summed E-state index contributed by atoms with van der Waals surface area (Å²) in [5.41, 5.74) is 5.22. The van der Waals surface area contributed by atoms with Gasteiger partial charge in [0.1, 0.15) is 10.3 Å². The smallest absolute Gasteiger partial charge is 0.398 e. The maximum atomic E-state index is 14.0. The number of carbonyl (C=O) groups is 2. The van der Waals surface area contributed by atoms with E-state index in [2.05, 4.69) is 4.98 Å². The van der Waals surface area contributed by atoms with Crippen molar-refractivity contribution in [1.29, 1.82) is 0 Å². The topological polar surface area (TPSA) is 76.3 Å². The Kier molecular flexibility index (Phi) is 4.59. The van der Waals surface area contributed by atoms with Gasteiger partial charge in [-0.1, -0.05) is 60.3 Å². The molecular formula is C23H14F3N3O2S. The van der Waals surface area contributed by atoms with Crippen molar-refractivity contribution in [2.75, 3.05) is 4.90 Å². The zero-order valence-electron chi connectivity index (χ0n) is 16.3. The van der Waals surface area contributed by atoms with E-state index in [-0.39, 0.29) is 27.6 Å². The molecule has 2 N–H and O–H groups in total. The van der Waals surface area contributed by atoms with Gasteiger partial charge in [-0.05, 0) is 18.2 Å². The van der Waals surface area contributed by atoms with Gasteiger partial charge in [0.2, 0.25) is 0 Å². The number of anilines is 1. The number of benzene rings is 2. The largest absolute Gasteiger partial charge is 0.417 e. The van der Waals surface area contributed by atoms with Crippen molar-refractivity contribution in [3.63, 3.8) is 0 Å². The summed E-state index contributed by atoms with van der Waals surface area (Å²) in [5.74, 6) is -1.28. The molecule has 3 heterocycles. The molecule has 0 saturated carbocycles. The number of nitrogens with two attached hydrogens (primary N) is 1. The first-order valence-corrected chi connectivity index (χ1v) is 10.4. The van der Waals surface area contributed by atoms with E-state index < -0.39 is 28.8 Å². The normalized spacial score (nSPS) is 18.1. The summed E-state index contributed by atoms with van der Waals surface area (Å²) in [4.78, 5) is 31.5. The van der Waals surface area contributed by atoms with E-state index in [1.54, 1.807) is 60.7 Å². The molecule has 9 heteroatoms. The van der Waals surface area contributed by atoms with Crippen molar-refractivity contribution in [2.45, 2.75) is 16.5 Å². The Morgan fingerprint density at radius 3 is 2.22 bits per heavy atom. The Morgan fingerprint density at radius 1 is 0.969 bits per heavy atom. The average Bonchev–Trinajstić information content (AvgIpc) is 3.03. The number of amides is 2. The van der Waals surface area contributed by atoms with Crippen LogP contribution in [0.25, 0.3) is 17.0 Å². The van der Waals surface area contributed by atoms with Crippen LogP contribution in [-0.2, 0) is 15.8 Å². The van der Waals surface area contributed by atoms with Crippen LogP contribution in [0.1, 0.15) is 11.1 Å². The van der Waals surface area contributed by atoms with Gasteiger partial charge in [-0.3, -0.25) is 9.59 Å². The number of fused-ring (bicyclic) bond motifs is 2. The Bertz CT molecular complexity index is 1290. The van der Waals surface area contributed by atoms with Gasteiger partial charge in [-0.25, -0.2) is 9.88 Å². The fraction of sp³-hybridized carbons (Fsp3) is 0.0870. The van der Waals surface area contributed by atoms with Crippen molar-refractivity contribution in [1.82, 2.24) is 4.98 Å². The molecule has 32 heavy (non-hydrogen) atoms. The van der Waals surface area contributed by atoms with Crippen molar-refractivity contribution < 1.29 is 22.8 Å². The number of aromatic nitrogens is 1. The van der Waals surface area contributed by atoms with Crippen molar-refractivity contribution in [2.24, 2.45) is 5.73 Å². The van der Waals surface area contributed by atoms with Gasteiger partial charge in [0.05, 0.1) is 28.2 Å². The fourth-order valence-corrected chi connectivity index (χ4v) is 5.12. The molecule has 0 radical (unpaired) electrons. The third kappa shape index (κ3) is 3.08. The van der Waals surface area contributed by atoms with E-state index in [1.165, 1.54) is 0 Å². The molecule has 2 aromatic carbocycles. The lowest BCUT2D eigenvalue weighted by Gasteiger charge is -2.24. The maximum Gasteiger partial charge on any atom is 0.417 e. The lowest BCUT2D eigenvalue weighted by Crippen LogP contribution is -2.31. The molecule has 2 aliphatic rings. The average molecular weight is 453 g/mol. The van der Waals surface area contributed by atoms with E-state index in [0.29, 0.717) is 11.3 Å². The van der Waals surface area contributed by atoms with E-state index in [0.717, 1.165) is 22.7 Å². The second-order valence-corrected chi connectivity index (χ2v) is 8.33. The molecule has 1 fully saturated rings. The van der Waals surface area contributed by atoms with Crippen LogP contribution in [0.5, 0.6) is 0 Å². The summed E-state index contributed by atoms with van der Waals surface area (Å²) < 4.78 is 42.1. The molecule has 0 aliphatic carbocycles. The van der Waals surface area contributed by atoms with Crippen LogP contribution in [-0.4, -0.2) is 22.0 Å². The molecule has 5 rings (SSSR count). The van der Waals surface area contributed by atoms with Gasteiger partial charge in [0.25, 0.3) is 11.8 Å². The van der Waals surface area contributed by atoms with Crippen LogP contribution in [0.2, 0.25) is 0 Å². The van der Waals surface area contributed by atoms with Gasteiger partial charge in [-0.15, -0.1) is 0 Å². The third-order valence-corrected chi connectivity index (χ3v) is 6.50. The Morgan fingerprint density at radius 2 is 1.59 bits per heavy atom. The predicted molar refractivity (Wildman–Crippen MR) is 114 cm³/mol. The highest BCUT2D eigenvalue weighted by molar-refractivity contribution is 8.01. The number of imide groups is 1. The number of para-hydroxylation sites is 1. The molecule has 2 amide bonds. The van der Waals surface area contributed by atoms with Crippen molar-refractivity contribution >= 4 is 35.0 Å². The first kappa shape index (κ1) is 20.3. The van der Waals surface area contributed by atoms with Crippen LogP contribution < -0.4 is 10.6 Å². The summed E-state index contributed by atoms with van der Waals surface area (Å²) in [6.45, 7) is 0. The molecule has 1 aromatic heterocycles. The molecule has 3 aromatic rings. The molecule has 2 aliphatic heterocycles. The minimum absolute atomic E-state index is 0.0269. The van der Waals surface area contributed by atoms with Gasteiger partial charge in [-0.2, -0.15) is 13.2 Å². The number of nitrogens with zero attached hydrogens (tertiary/aromatic N) is 2. The van der Waals surface area contributed by atoms with Gasteiger partial charge in [0.15, 0.2) is 0 Å². The molecular weight excluding hydrogens is 439 g/mol. The molecule has 0 unspecified atom stereocenters.